The molecular formula is C22H28O5. The molecule has 0 aromatic rings. The first-order valence-electron chi connectivity index (χ1n) is 10.2. The summed E-state index contributed by atoms with van der Waals surface area (Å²) in [5.41, 5.74) is 2.63. The second-order valence-corrected chi connectivity index (χ2v) is 8.71. The summed E-state index contributed by atoms with van der Waals surface area (Å²) in [6.07, 6.45) is 6.40. The van der Waals surface area contributed by atoms with Crippen molar-refractivity contribution in [2.75, 3.05) is 0 Å². The van der Waals surface area contributed by atoms with Crippen LogP contribution in [0.1, 0.15) is 59.3 Å². The predicted octanol–water partition coefficient (Wildman–Crippen LogP) is 3.52. The molecule has 0 radical (unpaired) electrons. The number of ether oxygens (including phenoxy) is 2. The molecule has 1 saturated carbocycles. The van der Waals surface area contributed by atoms with Gasteiger partial charge in [0.15, 0.2) is 5.78 Å². The summed E-state index contributed by atoms with van der Waals surface area (Å²) in [6.45, 7) is 5.72. The van der Waals surface area contributed by atoms with Gasteiger partial charge < -0.3 is 9.47 Å². The summed E-state index contributed by atoms with van der Waals surface area (Å²) in [5, 5.41) is 0. The summed E-state index contributed by atoms with van der Waals surface area (Å²) in [4.78, 5) is 37.7. The van der Waals surface area contributed by atoms with Crippen LogP contribution in [0.4, 0.5) is 0 Å². The Kier molecular flexibility index (Phi) is 4.73. The summed E-state index contributed by atoms with van der Waals surface area (Å²) in [5.74, 6) is -1.18. The molecule has 5 heteroatoms. The quantitative estimate of drug-likeness (QED) is 0.694. The molecule has 0 aromatic carbocycles. The maximum atomic E-state index is 12.8. The molecule has 5 atom stereocenters. The zero-order valence-corrected chi connectivity index (χ0v) is 16.3. The van der Waals surface area contributed by atoms with E-state index in [4.69, 9.17) is 9.47 Å². The van der Waals surface area contributed by atoms with Crippen LogP contribution in [-0.4, -0.2) is 29.9 Å². The lowest BCUT2D eigenvalue weighted by atomic mass is 9.79. The molecule has 1 heterocycles. The second-order valence-electron chi connectivity index (χ2n) is 8.71. The van der Waals surface area contributed by atoms with Crippen LogP contribution in [0, 0.1) is 23.7 Å². The van der Waals surface area contributed by atoms with Gasteiger partial charge in [0, 0.05) is 23.8 Å². The van der Waals surface area contributed by atoms with Crippen molar-refractivity contribution in [2.24, 2.45) is 23.7 Å². The van der Waals surface area contributed by atoms with Crippen molar-refractivity contribution in [3.05, 3.63) is 22.8 Å². The van der Waals surface area contributed by atoms with Gasteiger partial charge >= 0.3 is 11.9 Å². The first-order valence-corrected chi connectivity index (χ1v) is 10.2. The van der Waals surface area contributed by atoms with Crippen LogP contribution < -0.4 is 0 Å². The van der Waals surface area contributed by atoms with Crippen LogP contribution in [0.15, 0.2) is 22.8 Å². The maximum Gasteiger partial charge on any atom is 0.309 e. The lowest BCUT2D eigenvalue weighted by Gasteiger charge is -2.31. The van der Waals surface area contributed by atoms with Gasteiger partial charge in [0.25, 0.3) is 0 Å². The SMILES string of the molecule is CC1=CC(=O)C2=C(C)C[C@H](OC(=O)C3CCCCC3)C3[C@H](OC(=O)[C@H]3C)C12. The lowest BCUT2D eigenvalue weighted by Crippen LogP contribution is -2.39. The average molecular weight is 372 g/mol. The van der Waals surface area contributed by atoms with Crippen LogP contribution in [0.2, 0.25) is 0 Å². The number of rotatable bonds is 2. The molecule has 2 unspecified atom stereocenters. The Morgan fingerprint density at radius 2 is 1.85 bits per heavy atom. The lowest BCUT2D eigenvalue weighted by molar-refractivity contribution is -0.159. The molecular weight excluding hydrogens is 344 g/mol. The van der Waals surface area contributed by atoms with E-state index in [1.54, 1.807) is 6.08 Å². The van der Waals surface area contributed by atoms with Crippen molar-refractivity contribution in [2.45, 2.75) is 71.5 Å². The topological polar surface area (TPSA) is 69.7 Å². The highest BCUT2D eigenvalue weighted by atomic mass is 16.6. The van der Waals surface area contributed by atoms with Crippen molar-refractivity contribution >= 4 is 17.7 Å². The fourth-order valence-electron chi connectivity index (χ4n) is 5.49. The highest BCUT2D eigenvalue weighted by molar-refractivity contribution is 6.09. The predicted molar refractivity (Wildman–Crippen MR) is 98.6 cm³/mol. The van der Waals surface area contributed by atoms with Crippen molar-refractivity contribution in [3.63, 3.8) is 0 Å². The number of hydrogen-bond acceptors (Lipinski definition) is 5. The third-order valence-corrected chi connectivity index (χ3v) is 6.94. The monoisotopic (exact) mass is 372 g/mol. The maximum absolute atomic E-state index is 12.8. The number of fused-ring (bicyclic) bond motifs is 3. The fourth-order valence-corrected chi connectivity index (χ4v) is 5.49. The minimum absolute atomic E-state index is 0.00334. The summed E-state index contributed by atoms with van der Waals surface area (Å²) in [7, 11) is 0. The highest BCUT2D eigenvalue weighted by Gasteiger charge is 2.55. The first-order chi connectivity index (χ1) is 12.9. The number of hydrogen-bond donors (Lipinski definition) is 0. The minimum Gasteiger partial charge on any atom is -0.461 e. The van der Waals surface area contributed by atoms with E-state index in [0.29, 0.717) is 6.42 Å². The van der Waals surface area contributed by atoms with Crippen LogP contribution in [0.3, 0.4) is 0 Å². The number of ketones is 1. The van der Waals surface area contributed by atoms with Crippen LogP contribution in [-0.2, 0) is 23.9 Å². The highest BCUT2D eigenvalue weighted by Crippen LogP contribution is 2.48. The van der Waals surface area contributed by atoms with E-state index in [2.05, 4.69) is 0 Å². The zero-order valence-electron chi connectivity index (χ0n) is 16.3. The Labute approximate surface area is 160 Å². The minimum atomic E-state index is -0.424. The van der Waals surface area contributed by atoms with Crippen molar-refractivity contribution in [1.29, 1.82) is 0 Å². The Bertz CT molecular complexity index is 740. The Balaban J connectivity index is 1.65. The molecule has 2 fully saturated rings. The van der Waals surface area contributed by atoms with Gasteiger partial charge in [-0.3, -0.25) is 14.4 Å². The molecule has 1 aliphatic heterocycles. The van der Waals surface area contributed by atoms with Crippen molar-refractivity contribution < 1.29 is 23.9 Å². The van der Waals surface area contributed by atoms with Gasteiger partial charge in [-0.2, -0.15) is 0 Å². The number of carbonyl (C=O) groups excluding carboxylic acids is 3. The Morgan fingerprint density at radius 3 is 2.56 bits per heavy atom. The van der Waals surface area contributed by atoms with Gasteiger partial charge in [-0.1, -0.05) is 37.3 Å². The molecule has 0 spiro atoms. The van der Waals surface area contributed by atoms with E-state index < -0.39 is 12.2 Å². The molecule has 0 bridgehead atoms. The number of esters is 2. The van der Waals surface area contributed by atoms with Gasteiger partial charge in [0.1, 0.15) is 12.2 Å². The Morgan fingerprint density at radius 1 is 1.15 bits per heavy atom. The summed E-state index contributed by atoms with van der Waals surface area (Å²) >= 11 is 0. The van der Waals surface area contributed by atoms with Crippen molar-refractivity contribution in [1.82, 2.24) is 0 Å². The summed E-state index contributed by atoms with van der Waals surface area (Å²) < 4.78 is 11.8. The van der Waals surface area contributed by atoms with Crippen LogP contribution in [0.5, 0.6) is 0 Å². The molecule has 1 saturated heterocycles. The van der Waals surface area contributed by atoms with Gasteiger partial charge in [-0.05, 0) is 32.8 Å². The zero-order chi connectivity index (χ0) is 19.3. The average Bonchev–Trinajstić information content (AvgIpc) is 3.05. The molecule has 5 nitrogen and oxygen atoms in total. The second kappa shape index (κ2) is 6.92. The van der Waals surface area contributed by atoms with Crippen molar-refractivity contribution in [3.8, 4) is 0 Å². The smallest absolute Gasteiger partial charge is 0.309 e. The van der Waals surface area contributed by atoms with E-state index in [1.165, 1.54) is 6.42 Å². The third-order valence-electron chi connectivity index (χ3n) is 6.94. The standard InChI is InChI=1S/C22H28O5/c1-11-9-15(23)17-12(2)10-16(26-22(25)14-7-5-4-6-8-14)19-13(3)21(24)27-20(19)18(11)17/h9,13-14,16,18-20H,4-8,10H2,1-3H3/t13-,16-,18?,19?,20+/m0/s1. The van der Waals surface area contributed by atoms with E-state index in [1.807, 2.05) is 20.8 Å². The fraction of sp³-hybridized carbons (Fsp3) is 0.682. The van der Waals surface area contributed by atoms with E-state index in [0.717, 1.165) is 42.4 Å². The molecule has 146 valence electrons. The molecule has 0 N–H and O–H groups in total. The van der Waals surface area contributed by atoms with Gasteiger partial charge in [-0.25, -0.2) is 0 Å². The van der Waals surface area contributed by atoms with Crippen LogP contribution in [0.25, 0.3) is 0 Å². The number of carbonyl (C=O) groups is 3. The molecule has 0 aromatic heterocycles. The largest absolute Gasteiger partial charge is 0.461 e. The molecule has 4 rings (SSSR count). The first kappa shape index (κ1) is 18.5. The molecule has 4 aliphatic rings. The normalized spacial score (nSPS) is 36.7. The van der Waals surface area contributed by atoms with Gasteiger partial charge in [0.05, 0.1) is 11.8 Å². The van der Waals surface area contributed by atoms with E-state index in [-0.39, 0.29) is 41.4 Å². The summed E-state index contributed by atoms with van der Waals surface area (Å²) in [6, 6.07) is 0. The Hall–Kier alpha value is -1.91. The van der Waals surface area contributed by atoms with Gasteiger partial charge in [-0.15, -0.1) is 0 Å². The molecule has 27 heavy (non-hydrogen) atoms. The van der Waals surface area contributed by atoms with E-state index >= 15 is 0 Å². The third kappa shape index (κ3) is 3.05. The van der Waals surface area contributed by atoms with Crippen LogP contribution >= 0.6 is 0 Å². The molecule has 3 aliphatic carbocycles. The van der Waals surface area contributed by atoms with E-state index in [9.17, 15) is 14.4 Å². The molecule has 0 amide bonds. The van der Waals surface area contributed by atoms with Gasteiger partial charge in [0.2, 0.25) is 0 Å². The number of allylic oxidation sites excluding steroid dienone is 1.